The van der Waals surface area contributed by atoms with Crippen molar-refractivity contribution in [2.45, 2.75) is 20.3 Å². The molecule has 0 amide bonds. The molecular formula is C12H16N2O. The van der Waals surface area contributed by atoms with E-state index >= 15 is 0 Å². The number of nitrogens with one attached hydrogen (secondary N) is 1. The van der Waals surface area contributed by atoms with Crippen molar-refractivity contribution in [2.75, 3.05) is 13.7 Å². The first-order valence-corrected chi connectivity index (χ1v) is 5.15. The lowest BCUT2D eigenvalue weighted by molar-refractivity contribution is 0.201. The molecule has 0 aliphatic carbocycles. The molecular weight excluding hydrogens is 188 g/mol. The molecule has 1 heterocycles. The molecule has 0 aliphatic heterocycles. The van der Waals surface area contributed by atoms with Crippen LogP contribution >= 0.6 is 0 Å². The van der Waals surface area contributed by atoms with Crippen molar-refractivity contribution in [3.63, 3.8) is 0 Å². The molecule has 2 aromatic rings. The predicted octanol–water partition coefficient (Wildman–Crippen LogP) is 2.37. The Labute approximate surface area is 89.5 Å². The maximum Gasteiger partial charge on any atom is 0.109 e. The normalized spacial score (nSPS) is 11.1. The van der Waals surface area contributed by atoms with Crippen LogP contribution in [-0.2, 0) is 11.2 Å². The van der Waals surface area contributed by atoms with Crippen LogP contribution in [0, 0.1) is 13.8 Å². The number of nitrogens with zero attached hydrogens (tertiary/aromatic N) is 1. The molecule has 0 bridgehead atoms. The number of methoxy groups -OCH3 is 1. The number of benzene rings is 1. The number of aromatic nitrogens is 2. The Morgan fingerprint density at radius 1 is 1.27 bits per heavy atom. The van der Waals surface area contributed by atoms with Crippen molar-refractivity contribution < 1.29 is 4.74 Å². The van der Waals surface area contributed by atoms with Crippen molar-refractivity contribution in [3.8, 4) is 0 Å². The highest BCUT2D eigenvalue weighted by Gasteiger charge is 2.04. The number of aryl methyl sites for hydroxylation is 2. The minimum absolute atomic E-state index is 0.706. The summed E-state index contributed by atoms with van der Waals surface area (Å²) in [6.45, 7) is 4.93. The van der Waals surface area contributed by atoms with E-state index in [0.717, 1.165) is 23.3 Å². The van der Waals surface area contributed by atoms with Crippen LogP contribution in [0.1, 0.15) is 17.0 Å². The van der Waals surface area contributed by atoms with Gasteiger partial charge in [0.15, 0.2) is 0 Å². The molecule has 0 saturated heterocycles. The topological polar surface area (TPSA) is 37.9 Å². The molecule has 15 heavy (non-hydrogen) atoms. The van der Waals surface area contributed by atoms with Crippen molar-refractivity contribution in [1.82, 2.24) is 9.97 Å². The fourth-order valence-electron chi connectivity index (χ4n) is 1.64. The smallest absolute Gasteiger partial charge is 0.109 e. The van der Waals surface area contributed by atoms with Crippen molar-refractivity contribution >= 4 is 11.0 Å². The van der Waals surface area contributed by atoms with Crippen LogP contribution in [0.3, 0.4) is 0 Å². The van der Waals surface area contributed by atoms with Gasteiger partial charge in [-0.25, -0.2) is 4.98 Å². The largest absolute Gasteiger partial charge is 0.384 e. The number of aromatic amines is 1. The van der Waals surface area contributed by atoms with Gasteiger partial charge in [-0.3, -0.25) is 0 Å². The van der Waals surface area contributed by atoms with E-state index in [1.165, 1.54) is 11.1 Å². The molecule has 0 fully saturated rings. The van der Waals surface area contributed by atoms with Crippen LogP contribution < -0.4 is 0 Å². The summed E-state index contributed by atoms with van der Waals surface area (Å²) < 4.78 is 5.03. The van der Waals surface area contributed by atoms with Gasteiger partial charge < -0.3 is 9.72 Å². The minimum atomic E-state index is 0.706. The van der Waals surface area contributed by atoms with E-state index in [2.05, 4.69) is 35.9 Å². The number of H-pyrrole nitrogens is 1. The maximum atomic E-state index is 5.03. The highest BCUT2D eigenvalue weighted by Crippen LogP contribution is 2.17. The number of imidazole rings is 1. The Hall–Kier alpha value is -1.35. The summed E-state index contributed by atoms with van der Waals surface area (Å²) in [4.78, 5) is 7.82. The maximum absolute atomic E-state index is 5.03. The van der Waals surface area contributed by atoms with Crippen LogP contribution in [0.2, 0.25) is 0 Å². The molecule has 2 rings (SSSR count). The van der Waals surface area contributed by atoms with Gasteiger partial charge in [-0.2, -0.15) is 0 Å². The van der Waals surface area contributed by atoms with Crippen LogP contribution in [0.4, 0.5) is 0 Å². The first-order chi connectivity index (χ1) is 7.20. The summed E-state index contributed by atoms with van der Waals surface area (Å²) in [6, 6.07) is 4.27. The predicted molar refractivity (Wildman–Crippen MR) is 61.1 cm³/mol. The zero-order valence-electron chi connectivity index (χ0n) is 9.42. The fraction of sp³-hybridized carbons (Fsp3) is 0.417. The van der Waals surface area contributed by atoms with Crippen LogP contribution in [0.15, 0.2) is 12.1 Å². The first kappa shape index (κ1) is 10.2. The minimum Gasteiger partial charge on any atom is -0.384 e. The highest BCUT2D eigenvalue weighted by molar-refractivity contribution is 5.77. The number of ether oxygens (including phenoxy) is 1. The SMILES string of the molecule is COCCc1nc2cc(C)c(C)cc2[nH]1. The second kappa shape index (κ2) is 4.03. The van der Waals surface area contributed by atoms with E-state index in [9.17, 15) is 0 Å². The monoisotopic (exact) mass is 204 g/mol. The zero-order chi connectivity index (χ0) is 10.8. The molecule has 3 heteroatoms. The van der Waals surface area contributed by atoms with Crippen molar-refractivity contribution in [1.29, 1.82) is 0 Å². The number of rotatable bonds is 3. The average molecular weight is 204 g/mol. The average Bonchev–Trinajstić information content (AvgIpc) is 2.58. The van der Waals surface area contributed by atoms with Gasteiger partial charge >= 0.3 is 0 Å². The number of hydrogen-bond acceptors (Lipinski definition) is 2. The Kier molecular flexibility index (Phi) is 2.73. The van der Waals surface area contributed by atoms with E-state index in [4.69, 9.17) is 4.74 Å². The zero-order valence-corrected chi connectivity index (χ0v) is 9.42. The molecule has 0 saturated carbocycles. The molecule has 0 atom stereocenters. The Morgan fingerprint density at radius 2 is 2.00 bits per heavy atom. The number of hydrogen-bond donors (Lipinski definition) is 1. The van der Waals surface area contributed by atoms with E-state index in [1.54, 1.807) is 7.11 Å². The second-order valence-electron chi connectivity index (χ2n) is 3.88. The first-order valence-electron chi connectivity index (χ1n) is 5.15. The molecule has 0 aliphatic rings. The number of fused-ring (bicyclic) bond motifs is 1. The fourth-order valence-corrected chi connectivity index (χ4v) is 1.64. The Morgan fingerprint density at radius 3 is 2.73 bits per heavy atom. The van der Waals surface area contributed by atoms with E-state index in [1.807, 2.05) is 0 Å². The van der Waals surface area contributed by atoms with E-state index in [0.29, 0.717) is 6.61 Å². The molecule has 3 nitrogen and oxygen atoms in total. The third kappa shape index (κ3) is 2.02. The standard InChI is InChI=1S/C12H16N2O/c1-8-6-10-11(7-9(8)2)14-12(13-10)4-5-15-3/h6-7H,4-5H2,1-3H3,(H,13,14). The van der Waals surface area contributed by atoms with Crippen LogP contribution in [0.25, 0.3) is 11.0 Å². The van der Waals surface area contributed by atoms with Gasteiger partial charge in [0.25, 0.3) is 0 Å². The molecule has 1 aromatic heterocycles. The quantitative estimate of drug-likeness (QED) is 0.833. The molecule has 0 radical (unpaired) electrons. The molecule has 80 valence electrons. The van der Waals surface area contributed by atoms with Gasteiger partial charge in [-0.15, -0.1) is 0 Å². The Bertz CT molecular complexity index is 435. The van der Waals surface area contributed by atoms with E-state index < -0.39 is 0 Å². The summed E-state index contributed by atoms with van der Waals surface area (Å²) in [5.74, 6) is 0.997. The summed E-state index contributed by atoms with van der Waals surface area (Å²) in [5.41, 5.74) is 4.74. The van der Waals surface area contributed by atoms with Crippen molar-refractivity contribution in [2.24, 2.45) is 0 Å². The lowest BCUT2D eigenvalue weighted by Crippen LogP contribution is -1.95. The lowest BCUT2D eigenvalue weighted by Gasteiger charge is -1.97. The summed E-state index contributed by atoms with van der Waals surface area (Å²) in [7, 11) is 1.71. The van der Waals surface area contributed by atoms with Gasteiger partial charge in [-0.05, 0) is 37.1 Å². The summed E-state index contributed by atoms with van der Waals surface area (Å²) >= 11 is 0. The van der Waals surface area contributed by atoms with E-state index in [-0.39, 0.29) is 0 Å². The lowest BCUT2D eigenvalue weighted by atomic mass is 10.1. The molecule has 0 unspecified atom stereocenters. The molecule has 0 spiro atoms. The molecule has 1 N–H and O–H groups in total. The third-order valence-corrected chi connectivity index (χ3v) is 2.69. The van der Waals surface area contributed by atoms with Gasteiger partial charge in [0.05, 0.1) is 17.6 Å². The van der Waals surface area contributed by atoms with Gasteiger partial charge in [0, 0.05) is 13.5 Å². The van der Waals surface area contributed by atoms with Crippen LogP contribution in [0.5, 0.6) is 0 Å². The second-order valence-corrected chi connectivity index (χ2v) is 3.88. The summed E-state index contributed by atoms with van der Waals surface area (Å²) in [5, 5.41) is 0. The summed E-state index contributed by atoms with van der Waals surface area (Å²) in [6.07, 6.45) is 0.837. The third-order valence-electron chi connectivity index (χ3n) is 2.69. The van der Waals surface area contributed by atoms with Crippen LogP contribution in [-0.4, -0.2) is 23.7 Å². The van der Waals surface area contributed by atoms with Gasteiger partial charge in [0.2, 0.25) is 0 Å². The van der Waals surface area contributed by atoms with Crippen molar-refractivity contribution in [3.05, 3.63) is 29.1 Å². The highest BCUT2D eigenvalue weighted by atomic mass is 16.5. The van der Waals surface area contributed by atoms with Gasteiger partial charge in [-0.1, -0.05) is 0 Å². The van der Waals surface area contributed by atoms with Gasteiger partial charge in [0.1, 0.15) is 5.82 Å². The Balaban J connectivity index is 2.38. The molecule has 1 aromatic carbocycles.